The Hall–Kier alpha value is -2.90. The molecule has 3 rings (SSSR count). The van der Waals surface area contributed by atoms with Crippen LogP contribution in [0.3, 0.4) is 0 Å². The van der Waals surface area contributed by atoms with Crippen molar-refractivity contribution in [2.24, 2.45) is 0 Å². The maximum absolute atomic E-state index is 12.3. The summed E-state index contributed by atoms with van der Waals surface area (Å²) in [6, 6.07) is 5.14. The van der Waals surface area contributed by atoms with E-state index in [-0.39, 0.29) is 23.1 Å². The normalized spacial score (nSPS) is 13.7. The lowest BCUT2D eigenvalue weighted by Gasteiger charge is -2.23. The van der Waals surface area contributed by atoms with Gasteiger partial charge in [-0.25, -0.2) is 0 Å². The molecule has 0 radical (unpaired) electrons. The second-order valence-corrected chi connectivity index (χ2v) is 5.99. The standard InChI is InChI=1S/C17H21N5O3/c1-3-11-5-4-6-12(14(11)23)16(24)18-8-7-13-19-20-15-17(25)21(2)9-10-22(13)15/h4-6,23H,3,7-10H2,1-2H3,(H,18,24). The van der Waals surface area contributed by atoms with E-state index in [4.69, 9.17) is 0 Å². The third-order valence-electron chi connectivity index (χ3n) is 4.40. The third kappa shape index (κ3) is 3.19. The Morgan fingerprint density at radius 1 is 1.32 bits per heavy atom. The number of carbonyl (C=O) groups is 2. The summed E-state index contributed by atoms with van der Waals surface area (Å²) in [7, 11) is 1.73. The lowest BCUT2D eigenvalue weighted by molar-refractivity contribution is 0.0739. The third-order valence-corrected chi connectivity index (χ3v) is 4.40. The van der Waals surface area contributed by atoms with Crippen LogP contribution in [0.4, 0.5) is 0 Å². The molecule has 0 unspecified atom stereocenters. The zero-order valence-corrected chi connectivity index (χ0v) is 14.3. The molecule has 0 saturated heterocycles. The summed E-state index contributed by atoms with van der Waals surface area (Å²) in [5.41, 5.74) is 1.00. The van der Waals surface area contributed by atoms with Gasteiger partial charge in [0.25, 0.3) is 11.8 Å². The van der Waals surface area contributed by atoms with Crippen LogP contribution in [0.25, 0.3) is 0 Å². The Morgan fingerprint density at radius 2 is 2.12 bits per heavy atom. The number of hydrogen-bond donors (Lipinski definition) is 2. The van der Waals surface area contributed by atoms with Crippen molar-refractivity contribution < 1.29 is 14.7 Å². The van der Waals surface area contributed by atoms with Gasteiger partial charge in [0, 0.05) is 33.1 Å². The highest BCUT2D eigenvalue weighted by atomic mass is 16.3. The van der Waals surface area contributed by atoms with Crippen LogP contribution in [-0.4, -0.2) is 56.7 Å². The average molecular weight is 343 g/mol. The van der Waals surface area contributed by atoms with E-state index in [1.54, 1.807) is 34.7 Å². The molecule has 0 bridgehead atoms. The second kappa shape index (κ2) is 6.92. The lowest BCUT2D eigenvalue weighted by Crippen LogP contribution is -2.38. The Labute approximate surface area is 145 Å². The van der Waals surface area contributed by atoms with Gasteiger partial charge in [0.15, 0.2) is 0 Å². The van der Waals surface area contributed by atoms with E-state index in [1.807, 2.05) is 6.92 Å². The van der Waals surface area contributed by atoms with Gasteiger partial charge >= 0.3 is 0 Å². The van der Waals surface area contributed by atoms with Gasteiger partial charge in [-0.05, 0) is 18.1 Å². The van der Waals surface area contributed by atoms with Crippen LogP contribution in [0, 0.1) is 0 Å². The van der Waals surface area contributed by atoms with Crippen molar-refractivity contribution in [1.82, 2.24) is 25.0 Å². The van der Waals surface area contributed by atoms with E-state index in [0.717, 1.165) is 5.56 Å². The minimum absolute atomic E-state index is 0.0241. The molecular weight excluding hydrogens is 322 g/mol. The molecule has 0 spiro atoms. The number of rotatable bonds is 5. The number of aryl methyl sites for hydroxylation is 1. The first kappa shape index (κ1) is 16.9. The first-order chi connectivity index (χ1) is 12.0. The molecule has 25 heavy (non-hydrogen) atoms. The average Bonchev–Trinajstić information content (AvgIpc) is 3.02. The molecule has 8 nitrogen and oxygen atoms in total. The van der Waals surface area contributed by atoms with Crippen molar-refractivity contribution >= 4 is 11.8 Å². The Kier molecular flexibility index (Phi) is 4.69. The number of phenolic OH excluding ortho intramolecular Hbond substituents is 1. The number of nitrogens with one attached hydrogen (secondary N) is 1. The van der Waals surface area contributed by atoms with Crippen LogP contribution >= 0.6 is 0 Å². The number of carbonyl (C=O) groups excluding carboxylic acids is 2. The van der Waals surface area contributed by atoms with Gasteiger partial charge in [-0.2, -0.15) is 0 Å². The molecule has 0 aliphatic carbocycles. The number of likely N-dealkylation sites (N-methyl/N-ethyl adjacent to an activating group) is 1. The van der Waals surface area contributed by atoms with Crippen LogP contribution in [0.5, 0.6) is 5.75 Å². The summed E-state index contributed by atoms with van der Waals surface area (Å²) in [6.45, 7) is 3.52. The van der Waals surface area contributed by atoms with E-state index in [0.29, 0.717) is 44.1 Å². The summed E-state index contributed by atoms with van der Waals surface area (Å²) in [5.74, 6) is 0.556. The van der Waals surface area contributed by atoms with Crippen molar-refractivity contribution in [1.29, 1.82) is 0 Å². The predicted molar refractivity (Wildman–Crippen MR) is 90.5 cm³/mol. The number of aromatic nitrogens is 3. The highest BCUT2D eigenvalue weighted by Gasteiger charge is 2.26. The Bertz CT molecular complexity index is 815. The van der Waals surface area contributed by atoms with Crippen LogP contribution in [0.2, 0.25) is 0 Å². The van der Waals surface area contributed by atoms with Gasteiger partial charge in [0.2, 0.25) is 5.82 Å². The zero-order valence-electron chi connectivity index (χ0n) is 14.3. The number of hydrogen-bond acceptors (Lipinski definition) is 5. The van der Waals surface area contributed by atoms with Crippen molar-refractivity contribution in [2.75, 3.05) is 20.1 Å². The monoisotopic (exact) mass is 343 g/mol. The molecule has 0 atom stereocenters. The minimum atomic E-state index is -0.331. The fraction of sp³-hybridized carbons (Fsp3) is 0.412. The molecule has 2 N–H and O–H groups in total. The molecule has 132 valence electrons. The smallest absolute Gasteiger partial charge is 0.291 e. The number of phenols is 1. The Morgan fingerprint density at radius 3 is 2.88 bits per heavy atom. The van der Waals surface area contributed by atoms with E-state index in [2.05, 4.69) is 15.5 Å². The second-order valence-electron chi connectivity index (χ2n) is 5.99. The van der Waals surface area contributed by atoms with Gasteiger partial charge < -0.3 is 19.9 Å². The summed E-state index contributed by atoms with van der Waals surface area (Å²) < 4.78 is 1.80. The van der Waals surface area contributed by atoms with Crippen LogP contribution in [0.15, 0.2) is 18.2 Å². The fourth-order valence-electron chi connectivity index (χ4n) is 2.88. The molecule has 0 fully saturated rings. The number of benzene rings is 1. The zero-order chi connectivity index (χ0) is 18.0. The predicted octanol–water partition coefficient (Wildman–Crippen LogP) is 0.604. The number of aromatic hydroxyl groups is 1. The topological polar surface area (TPSA) is 100 Å². The summed E-state index contributed by atoms with van der Waals surface area (Å²) in [4.78, 5) is 25.9. The van der Waals surface area contributed by atoms with Crippen LogP contribution in [0.1, 0.15) is 39.3 Å². The quantitative estimate of drug-likeness (QED) is 0.828. The first-order valence-corrected chi connectivity index (χ1v) is 8.29. The van der Waals surface area contributed by atoms with E-state index < -0.39 is 0 Å². The number of amides is 2. The van der Waals surface area contributed by atoms with Crippen molar-refractivity contribution in [3.05, 3.63) is 41.0 Å². The fourth-order valence-corrected chi connectivity index (χ4v) is 2.88. The highest BCUT2D eigenvalue weighted by Crippen LogP contribution is 2.22. The van der Waals surface area contributed by atoms with Gasteiger partial charge in [-0.15, -0.1) is 10.2 Å². The number of para-hydroxylation sites is 1. The minimum Gasteiger partial charge on any atom is -0.507 e. The first-order valence-electron chi connectivity index (χ1n) is 8.29. The largest absolute Gasteiger partial charge is 0.507 e. The molecule has 1 aromatic heterocycles. The number of nitrogens with zero attached hydrogens (tertiary/aromatic N) is 4. The van der Waals surface area contributed by atoms with Gasteiger partial charge in [0.05, 0.1) is 5.56 Å². The molecule has 8 heteroatoms. The summed E-state index contributed by atoms with van der Waals surface area (Å²) >= 11 is 0. The van der Waals surface area contributed by atoms with Crippen LogP contribution in [-0.2, 0) is 19.4 Å². The number of fused-ring (bicyclic) bond motifs is 1. The van der Waals surface area contributed by atoms with E-state index >= 15 is 0 Å². The summed E-state index contributed by atoms with van der Waals surface area (Å²) in [6.07, 6.45) is 1.12. The molecule has 2 heterocycles. The highest BCUT2D eigenvalue weighted by molar-refractivity contribution is 5.97. The Balaban J connectivity index is 1.64. The maximum Gasteiger partial charge on any atom is 0.291 e. The molecule has 1 aliphatic heterocycles. The van der Waals surface area contributed by atoms with Gasteiger partial charge in [-0.1, -0.05) is 19.1 Å². The van der Waals surface area contributed by atoms with Gasteiger partial charge in [0.1, 0.15) is 11.6 Å². The molecule has 1 aromatic carbocycles. The van der Waals surface area contributed by atoms with Crippen molar-refractivity contribution in [3.8, 4) is 5.75 Å². The van der Waals surface area contributed by atoms with Crippen LogP contribution < -0.4 is 5.32 Å². The van der Waals surface area contributed by atoms with Crippen molar-refractivity contribution in [3.63, 3.8) is 0 Å². The molecule has 2 aromatic rings. The van der Waals surface area contributed by atoms with Crippen molar-refractivity contribution in [2.45, 2.75) is 26.3 Å². The summed E-state index contributed by atoms with van der Waals surface area (Å²) in [5, 5.41) is 20.9. The lowest BCUT2D eigenvalue weighted by atomic mass is 10.1. The molecule has 2 amide bonds. The molecule has 0 saturated carbocycles. The van der Waals surface area contributed by atoms with E-state index in [1.165, 1.54) is 0 Å². The van der Waals surface area contributed by atoms with E-state index in [9.17, 15) is 14.7 Å². The van der Waals surface area contributed by atoms with Gasteiger partial charge in [-0.3, -0.25) is 9.59 Å². The maximum atomic E-state index is 12.3. The SMILES string of the molecule is CCc1cccc(C(=O)NCCc2nnc3n2CCN(C)C3=O)c1O. The molecular formula is C17H21N5O3. The molecule has 1 aliphatic rings.